The number of imidazole rings is 1. The van der Waals surface area contributed by atoms with Gasteiger partial charge >= 0.3 is 5.57 Å². The fourth-order valence-electron chi connectivity index (χ4n) is 3.72. The number of fused-ring (bicyclic) bond motifs is 1. The predicted octanol–water partition coefficient (Wildman–Crippen LogP) is 6.76. The van der Waals surface area contributed by atoms with Gasteiger partial charge in [-0.1, -0.05) is 6.92 Å². The van der Waals surface area contributed by atoms with Gasteiger partial charge in [0.2, 0.25) is 0 Å². The summed E-state index contributed by atoms with van der Waals surface area (Å²) in [7, 11) is 0. The van der Waals surface area contributed by atoms with E-state index in [0.29, 0.717) is 28.9 Å². The van der Waals surface area contributed by atoms with E-state index in [2.05, 4.69) is 25.2 Å². The van der Waals surface area contributed by atoms with Gasteiger partial charge in [0.25, 0.3) is 12.3 Å². The molecule has 2 aromatic carbocycles. The Balaban J connectivity index is 1.75. The number of halogens is 5. The number of hydrogen-bond donors (Lipinski definition) is 2. The maximum atomic E-state index is 13.9. The minimum Gasteiger partial charge on any atom is -0.420 e. The van der Waals surface area contributed by atoms with Crippen LogP contribution in [0.1, 0.15) is 48.9 Å². The number of alkyl halides is 5. The molecule has 7 nitrogen and oxygen atoms in total. The summed E-state index contributed by atoms with van der Waals surface area (Å²) in [4.78, 5) is 17.2. The van der Waals surface area contributed by atoms with Crippen molar-refractivity contribution in [2.75, 3.05) is 5.32 Å². The summed E-state index contributed by atoms with van der Waals surface area (Å²) in [6.07, 6.45) is -0.713. The van der Waals surface area contributed by atoms with Crippen LogP contribution in [0.3, 0.4) is 0 Å². The molecule has 2 aromatic heterocycles. The second-order valence-electron chi connectivity index (χ2n) is 7.79. The van der Waals surface area contributed by atoms with Crippen LogP contribution in [0.15, 0.2) is 48.7 Å². The maximum Gasteiger partial charge on any atom is 0.487 e. The SMILES string of the molecule is CC[C@@H](C)n1c(C(F)F)nc2cc(C(=O)Nc3ccc(OC(F)(F)Cl)cc3)cc(-c3ccn[nH]3)c21. The third kappa shape index (κ3) is 5.24. The van der Waals surface area contributed by atoms with E-state index in [1.165, 1.54) is 41.1 Å². The molecule has 1 atom stereocenters. The third-order valence-corrected chi connectivity index (χ3v) is 5.52. The molecule has 1 amide bonds. The first kappa shape index (κ1) is 24.5. The van der Waals surface area contributed by atoms with Crippen LogP contribution in [0.25, 0.3) is 22.3 Å². The van der Waals surface area contributed by atoms with Gasteiger partial charge in [0.1, 0.15) is 5.75 Å². The van der Waals surface area contributed by atoms with Crippen molar-refractivity contribution < 1.29 is 27.1 Å². The van der Waals surface area contributed by atoms with Gasteiger partial charge in [-0.15, -0.1) is 8.78 Å². The number of benzene rings is 2. The van der Waals surface area contributed by atoms with Crippen LogP contribution in [0.4, 0.5) is 23.2 Å². The predicted molar refractivity (Wildman–Crippen MR) is 123 cm³/mol. The molecular formula is C23H20ClF4N5O2. The lowest BCUT2D eigenvalue weighted by atomic mass is 10.0. The van der Waals surface area contributed by atoms with Gasteiger partial charge in [-0.05, 0) is 55.8 Å². The Morgan fingerprint density at radius 1 is 1.23 bits per heavy atom. The largest absolute Gasteiger partial charge is 0.487 e. The van der Waals surface area contributed by atoms with Crippen LogP contribution in [0, 0.1) is 0 Å². The van der Waals surface area contributed by atoms with Crippen LogP contribution in [0.2, 0.25) is 0 Å². The topological polar surface area (TPSA) is 84.8 Å². The van der Waals surface area contributed by atoms with Gasteiger partial charge in [0.05, 0.1) is 16.7 Å². The van der Waals surface area contributed by atoms with Gasteiger partial charge in [-0.25, -0.2) is 13.8 Å². The Bertz CT molecular complexity index is 1330. The number of nitrogens with zero attached hydrogens (tertiary/aromatic N) is 3. The number of aromatic nitrogens is 4. The van der Waals surface area contributed by atoms with Crippen LogP contribution >= 0.6 is 11.6 Å². The lowest BCUT2D eigenvalue weighted by Crippen LogP contribution is -2.16. The monoisotopic (exact) mass is 509 g/mol. The number of H-pyrrole nitrogens is 1. The van der Waals surface area contributed by atoms with Crippen molar-refractivity contribution in [1.82, 2.24) is 19.7 Å². The molecule has 0 spiro atoms. The normalized spacial score (nSPS) is 12.8. The average molecular weight is 510 g/mol. The molecule has 0 saturated heterocycles. The number of hydrogen-bond acceptors (Lipinski definition) is 4. The quantitative estimate of drug-likeness (QED) is 0.203. The molecule has 4 aromatic rings. The van der Waals surface area contributed by atoms with Crippen LogP contribution in [0.5, 0.6) is 5.75 Å². The van der Waals surface area contributed by atoms with Crippen molar-refractivity contribution in [2.45, 2.75) is 38.3 Å². The summed E-state index contributed by atoms with van der Waals surface area (Å²) in [5.41, 5.74) is -1.72. The zero-order valence-electron chi connectivity index (χ0n) is 18.5. The molecule has 184 valence electrons. The van der Waals surface area contributed by atoms with Crippen LogP contribution in [-0.4, -0.2) is 31.2 Å². The highest BCUT2D eigenvalue weighted by Gasteiger charge is 2.28. The van der Waals surface area contributed by atoms with E-state index in [-0.39, 0.29) is 28.7 Å². The summed E-state index contributed by atoms with van der Waals surface area (Å²) in [5, 5.41) is 9.39. The van der Waals surface area contributed by atoms with Crippen LogP contribution in [-0.2, 0) is 0 Å². The van der Waals surface area contributed by atoms with Crippen molar-refractivity contribution in [1.29, 1.82) is 0 Å². The number of rotatable bonds is 8. The standard InChI is InChI=1S/C23H20ClF4N5O2/c1-3-12(2)33-19-16(17-8-9-29-32-17)10-13(11-18(19)31-21(33)20(25)26)22(34)30-14-4-6-15(7-5-14)35-23(24,27)28/h4-12,20H,3H2,1-2H3,(H,29,32)(H,30,34)/t12-/m1/s1. The fourth-order valence-corrected chi connectivity index (χ4v) is 3.81. The lowest BCUT2D eigenvalue weighted by molar-refractivity contribution is -0.0964. The fraction of sp³-hybridized carbons (Fsp3) is 0.261. The molecular weight excluding hydrogens is 490 g/mol. The van der Waals surface area contributed by atoms with E-state index in [1.807, 2.05) is 13.8 Å². The Morgan fingerprint density at radius 3 is 2.51 bits per heavy atom. The molecule has 0 aliphatic rings. The van der Waals surface area contributed by atoms with Crippen molar-refractivity contribution >= 4 is 34.2 Å². The number of ether oxygens (including phenoxy) is 1. The number of carbonyl (C=O) groups is 1. The number of aromatic amines is 1. The Kier molecular flexibility index (Phi) is 6.70. The summed E-state index contributed by atoms with van der Waals surface area (Å²) in [5.74, 6) is -1.14. The van der Waals surface area contributed by atoms with Crippen molar-refractivity contribution in [3.63, 3.8) is 0 Å². The molecule has 0 radical (unpaired) electrons. The minimum absolute atomic E-state index is 0.157. The molecule has 0 aliphatic carbocycles. The Labute approximate surface area is 202 Å². The van der Waals surface area contributed by atoms with E-state index in [0.717, 1.165) is 0 Å². The molecule has 2 heterocycles. The highest BCUT2D eigenvalue weighted by molar-refractivity contribution is 6.20. The molecule has 0 fully saturated rings. The minimum atomic E-state index is -3.86. The summed E-state index contributed by atoms with van der Waals surface area (Å²) in [6.45, 7) is 3.70. The Morgan fingerprint density at radius 2 is 1.94 bits per heavy atom. The third-order valence-electron chi connectivity index (χ3n) is 5.44. The van der Waals surface area contributed by atoms with Crippen molar-refractivity contribution in [3.8, 4) is 17.0 Å². The second kappa shape index (κ2) is 9.57. The number of amides is 1. The van der Waals surface area contributed by atoms with E-state index in [1.54, 1.807) is 12.1 Å². The number of carbonyl (C=O) groups excluding carboxylic acids is 1. The molecule has 4 rings (SSSR count). The smallest absolute Gasteiger partial charge is 0.420 e. The van der Waals surface area contributed by atoms with Gasteiger partial charge in [0.15, 0.2) is 5.82 Å². The van der Waals surface area contributed by atoms with Gasteiger partial charge < -0.3 is 14.6 Å². The molecule has 0 unspecified atom stereocenters. The average Bonchev–Trinajstić information content (AvgIpc) is 3.46. The van der Waals surface area contributed by atoms with Crippen molar-refractivity contribution in [2.24, 2.45) is 0 Å². The van der Waals surface area contributed by atoms with E-state index < -0.39 is 17.9 Å². The van der Waals surface area contributed by atoms with Gasteiger partial charge in [-0.2, -0.15) is 5.10 Å². The molecule has 0 bridgehead atoms. The molecule has 0 aliphatic heterocycles. The van der Waals surface area contributed by atoms with E-state index >= 15 is 0 Å². The molecule has 0 saturated carbocycles. The molecule has 35 heavy (non-hydrogen) atoms. The summed E-state index contributed by atoms with van der Waals surface area (Å²) in [6, 6.07) is 9.53. The van der Waals surface area contributed by atoms with E-state index in [9.17, 15) is 22.4 Å². The second-order valence-corrected chi connectivity index (χ2v) is 8.23. The first-order chi connectivity index (χ1) is 16.6. The Hall–Kier alpha value is -3.60. The summed E-state index contributed by atoms with van der Waals surface area (Å²) >= 11 is 4.75. The highest BCUT2D eigenvalue weighted by Crippen LogP contribution is 2.36. The maximum absolute atomic E-state index is 13.9. The van der Waals surface area contributed by atoms with E-state index in [4.69, 9.17) is 11.6 Å². The first-order valence-corrected chi connectivity index (χ1v) is 11.0. The zero-order valence-corrected chi connectivity index (χ0v) is 19.3. The summed E-state index contributed by atoms with van der Waals surface area (Å²) < 4.78 is 59.1. The first-order valence-electron chi connectivity index (χ1n) is 10.6. The molecule has 2 N–H and O–H groups in total. The zero-order chi connectivity index (χ0) is 25.3. The molecule has 12 heteroatoms. The van der Waals surface area contributed by atoms with Crippen LogP contribution < -0.4 is 10.1 Å². The van der Waals surface area contributed by atoms with Crippen molar-refractivity contribution in [3.05, 3.63) is 60.0 Å². The van der Waals surface area contributed by atoms with Gasteiger partial charge in [-0.3, -0.25) is 9.89 Å². The highest BCUT2D eigenvalue weighted by atomic mass is 35.5. The number of anilines is 1. The number of nitrogens with one attached hydrogen (secondary N) is 2. The lowest BCUT2D eigenvalue weighted by Gasteiger charge is -2.17. The van der Waals surface area contributed by atoms with Gasteiger partial charge in [0, 0.05) is 40.7 Å².